The number of rotatable bonds is 4. The Balaban J connectivity index is 2.54. The predicted octanol–water partition coefficient (Wildman–Crippen LogP) is 2.85. The molecule has 0 aliphatic rings. The second-order valence-corrected chi connectivity index (χ2v) is 4.88. The van der Waals surface area contributed by atoms with Gasteiger partial charge in [-0.15, -0.1) is 0 Å². The van der Waals surface area contributed by atoms with Crippen LogP contribution in [0.3, 0.4) is 0 Å². The molecule has 0 heterocycles. The molecule has 0 aliphatic carbocycles. The number of nitrogens with one attached hydrogen (secondary N) is 1. The van der Waals surface area contributed by atoms with E-state index in [-0.39, 0.29) is 6.54 Å². The van der Waals surface area contributed by atoms with E-state index >= 15 is 0 Å². The highest BCUT2D eigenvalue weighted by atomic mass is 35.5. The van der Waals surface area contributed by atoms with E-state index < -0.39 is 5.97 Å². The molecule has 0 spiro atoms. The molecule has 2 N–H and O–H groups in total. The molecule has 0 radical (unpaired) electrons. The van der Waals surface area contributed by atoms with Crippen molar-refractivity contribution in [1.29, 1.82) is 0 Å². The SMILES string of the molecule is COc1c(Cl)cc(C(=S)NCC(=O)O)c2ccccc12. The Bertz CT molecular complexity index is 687. The summed E-state index contributed by atoms with van der Waals surface area (Å²) in [6, 6.07) is 9.19. The van der Waals surface area contributed by atoms with Gasteiger partial charge in [0.05, 0.1) is 12.1 Å². The van der Waals surface area contributed by atoms with Crippen molar-refractivity contribution in [2.75, 3.05) is 13.7 Å². The molecular formula is C14H12ClNO3S. The summed E-state index contributed by atoms with van der Waals surface area (Å²) in [5, 5.41) is 13.5. The Labute approximate surface area is 126 Å². The first-order chi connectivity index (χ1) is 9.54. The van der Waals surface area contributed by atoms with Gasteiger partial charge in [-0.05, 0) is 11.5 Å². The Morgan fingerprint density at radius 2 is 2.05 bits per heavy atom. The van der Waals surface area contributed by atoms with Gasteiger partial charge in [0.2, 0.25) is 0 Å². The topological polar surface area (TPSA) is 58.6 Å². The van der Waals surface area contributed by atoms with E-state index in [1.54, 1.807) is 13.2 Å². The molecule has 0 bridgehead atoms. The summed E-state index contributed by atoms with van der Waals surface area (Å²) in [6.07, 6.45) is 0. The van der Waals surface area contributed by atoms with E-state index in [9.17, 15) is 4.79 Å². The highest BCUT2D eigenvalue weighted by Gasteiger charge is 2.14. The van der Waals surface area contributed by atoms with E-state index in [1.807, 2.05) is 24.3 Å². The first-order valence-electron chi connectivity index (χ1n) is 5.80. The second-order valence-electron chi connectivity index (χ2n) is 4.06. The van der Waals surface area contributed by atoms with E-state index in [0.717, 1.165) is 10.8 Å². The van der Waals surface area contributed by atoms with Crippen LogP contribution in [0, 0.1) is 0 Å². The number of hydrogen-bond donors (Lipinski definition) is 2. The fourth-order valence-corrected chi connectivity index (χ4v) is 2.49. The summed E-state index contributed by atoms with van der Waals surface area (Å²) in [5.74, 6) is -0.400. The summed E-state index contributed by atoms with van der Waals surface area (Å²) in [5.41, 5.74) is 0.683. The lowest BCUT2D eigenvalue weighted by Crippen LogP contribution is -2.28. The molecule has 6 heteroatoms. The number of halogens is 1. The van der Waals surface area contributed by atoms with Crippen LogP contribution in [0.5, 0.6) is 5.75 Å². The van der Waals surface area contributed by atoms with Gasteiger partial charge in [-0.1, -0.05) is 48.1 Å². The van der Waals surface area contributed by atoms with Crippen LogP contribution in [0.1, 0.15) is 5.56 Å². The number of carbonyl (C=O) groups is 1. The Morgan fingerprint density at radius 3 is 2.65 bits per heavy atom. The van der Waals surface area contributed by atoms with Crippen LogP contribution in [0.4, 0.5) is 0 Å². The molecule has 2 aromatic carbocycles. The highest BCUT2D eigenvalue weighted by molar-refractivity contribution is 7.80. The summed E-state index contributed by atoms with van der Waals surface area (Å²) >= 11 is 11.4. The van der Waals surface area contributed by atoms with Gasteiger partial charge >= 0.3 is 5.97 Å². The molecule has 20 heavy (non-hydrogen) atoms. The predicted molar refractivity (Wildman–Crippen MR) is 82.8 cm³/mol. The molecule has 0 fully saturated rings. The fourth-order valence-electron chi connectivity index (χ4n) is 1.96. The van der Waals surface area contributed by atoms with Crippen LogP contribution in [-0.4, -0.2) is 29.7 Å². The summed E-state index contributed by atoms with van der Waals surface area (Å²) in [6.45, 7) is -0.239. The zero-order valence-electron chi connectivity index (χ0n) is 10.6. The number of carboxylic acids is 1. The lowest BCUT2D eigenvalue weighted by Gasteiger charge is -2.13. The Hall–Kier alpha value is -1.85. The van der Waals surface area contributed by atoms with Gasteiger partial charge in [0.1, 0.15) is 17.3 Å². The van der Waals surface area contributed by atoms with E-state index in [0.29, 0.717) is 21.3 Å². The van der Waals surface area contributed by atoms with Crippen LogP contribution in [0.2, 0.25) is 5.02 Å². The summed E-state index contributed by atoms with van der Waals surface area (Å²) in [4.78, 5) is 10.9. The zero-order valence-corrected chi connectivity index (χ0v) is 12.2. The quantitative estimate of drug-likeness (QED) is 0.851. The number of methoxy groups -OCH3 is 1. The molecule has 2 aromatic rings. The third-order valence-electron chi connectivity index (χ3n) is 2.80. The summed E-state index contributed by atoms with van der Waals surface area (Å²) < 4.78 is 5.30. The molecular weight excluding hydrogens is 298 g/mol. The van der Waals surface area contributed by atoms with E-state index in [1.165, 1.54) is 0 Å². The van der Waals surface area contributed by atoms with Crippen molar-refractivity contribution >= 4 is 45.5 Å². The maximum Gasteiger partial charge on any atom is 0.322 e. The largest absolute Gasteiger partial charge is 0.495 e. The number of aliphatic carboxylic acids is 1. The molecule has 0 unspecified atom stereocenters. The smallest absolute Gasteiger partial charge is 0.322 e. The first-order valence-corrected chi connectivity index (χ1v) is 6.58. The molecule has 0 amide bonds. The standard InChI is InChI=1S/C14H12ClNO3S/c1-19-13-9-5-3-2-4-8(9)10(6-11(13)15)14(20)16-7-12(17)18/h2-6H,7H2,1H3,(H,16,20)(H,17,18). The Morgan fingerprint density at radius 1 is 1.40 bits per heavy atom. The van der Waals surface area contributed by atoms with Crippen molar-refractivity contribution in [3.8, 4) is 5.75 Å². The van der Waals surface area contributed by atoms with Crippen LogP contribution < -0.4 is 10.1 Å². The number of benzene rings is 2. The van der Waals surface area contributed by atoms with E-state index in [2.05, 4.69) is 5.32 Å². The minimum absolute atomic E-state index is 0.239. The molecule has 0 aromatic heterocycles. The van der Waals surface area contributed by atoms with Crippen LogP contribution in [0.25, 0.3) is 10.8 Å². The van der Waals surface area contributed by atoms with Crippen molar-refractivity contribution in [3.05, 3.63) is 40.9 Å². The normalized spacial score (nSPS) is 10.3. The van der Waals surface area contributed by atoms with Crippen LogP contribution >= 0.6 is 23.8 Å². The fraction of sp³-hybridized carbons (Fsp3) is 0.143. The average Bonchev–Trinajstić information content (AvgIpc) is 2.44. The average molecular weight is 310 g/mol. The molecule has 2 rings (SSSR count). The van der Waals surface area contributed by atoms with Gasteiger partial charge in [-0.2, -0.15) is 0 Å². The number of hydrogen-bond acceptors (Lipinski definition) is 3. The molecule has 0 atom stereocenters. The van der Waals surface area contributed by atoms with Crippen molar-refractivity contribution in [3.63, 3.8) is 0 Å². The van der Waals surface area contributed by atoms with Gasteiger partial charge < -0.3 is 15.2 Å². The monoisotopic (exact) mass is 309 g/mol. The molecule has 104 valence electrons. The second kappa shape index (κ2) is 6.07. The maximum atomic E-state index is 10.6. The minimum Gasteiger partial charge on any atom is -0.495 e. The lowest BCUT2D eigenvalue weighted by molar-refractivity contribution is -0.135. The van der Waals surface area contributed by atoms with Gasteiger partial charge in [0, 0.05) is 10.9 Å². The van der Waals surface area contributed by atoms with Gasteiger partial charge in [-0.25, -0.2) is 0 Å². The summed E-state index contributed by atoms with van der Waals surface area (Å²) in [7, 11) is 1.55. The first kappa shape index (κ1) is 14.6. The van der Waals surface area contributed by atoms with Crippen molar-refractivity contribution in [2.45, 2.75) is 0 Å². The number of carboxylic acid groups (broad SMARTS) is 1. The Kier molecular flexibility index (Phi) is 4.42. The van der Waals surface area contributed by atoms with Crippen molar-refractivity contribution < 1.29 is 14.6 Å². The third kappa shape index (κ3) is 2.84. The number of thiocarbonyl (C=S) groups is 1. The van der Waals surface area contributed by atoms with Crippen LogP contribution in [0.15, 0.2) is 30.3 Å². The highest BCUT2D eigenvalue weighted by Crippen LogP contribution is 2.35. The van der Waals surface area contributed by atoms with E-state index in [4.69, 9.17) is 33.7 Å². The van der Waals surface area contributed by atoms with Gasteiger partial charge in [0.25, 0.3) is 0 Å². The maximum absolute atomic E-state index is 10.6. The molecule has 4 nitrogen and oxygen atoms in total. The zero-order chi connectivity index (χ0) is 14.7. The van der Waals surface area contributed by atoms with Gasteiger partial charge in [0.15, 0.2) is 0 Å². The third-order valence-corrected chi connectivity index (χ3v) is 3.44. The minimum atomic E-state index is -0.976. The van der Waals surface area contributed by atoms with Gasteiger partial charge in [-0.3, -0.25) is 4.79 Å². The van der Waals surface area contributed by atoms with Crippen molar-refractivity contribution in [1.82, 2.24) is 5.32 Å². The van der Waals surface area contributed by atoms with Crippen molar-refractivity contribution in [2.24, 2.45) is 0 Å². The molecule has 0 aliphatic heterocycles. The molecule has 0 saturated carbocycles. The molecule has 0 saturated heterocycles. The van der Waals surface area contributed by atoms with Crippen LogP contribution in [-0.2, 0) is 4.79 Å². The lowest BCUT2D eigenvalue weighted by atomic mass is 10.0. The number of ether oxygens (including phenoxy) is 1. The number of fused-ring (bicyclic) bond motifs is 1.